The number of nitrogens with one attached hydrogen (secondary N) is 2. The number of carbonyl (C=O) groups is 1. The van der Waals surface area contributed by atoms with Crippen molar-refractivity contribution in [2.45, 2.75) is 18.9 Å². The van der Waals surface area contributed by atoms with E-state index in [1.807, 2.05) is 24.2 Å². The van der Waals surface area contributed by atoms with Crippen molar-refractivity contribution in [1.82, 2.24) is 15.3 Å². The molecule has 2 aliphatic rings. The van der Waals surface area contributed by atoms with E-state index in [2.05, 4.69) is 15.4 Å². The molecule has 6 heteroatoms. The van der Waals surface area contributed by atoms with Gasteiger partial charge in [-0.05, 0) is 18.2 Å². The molecule has 2 aliphatic heterocycles. The number of fused-ring (bicyclic) bond motifs is 1. The molecule has 1 unspecified atom stereocenters. The van der Waals surface area contributed by atoms with Gasteiger partial charge in [0, 0.05) is 43.4 Å². The summed E-state index contributed by atoms with van der Waals surface area (Å²) in [7, 11) is 1.90. The van der Waals surface area contributed by atoms with Crippen molar-refractivity contribution in [3.8, 4) is 0 Å². The zero-order valence-corrected chi connectivity index (χ0v) is 12.8. The van der Waals surface area contributed by atoms with Crippen molar-refractivity contribution in [3.63, 3.8) is 0 Å². The highest BCUT2D eigenvalue weighted by Gasteiger charge is 2.30. The Morgan fingerprint density at radius 3 is 3.00 bits per heavy atom. The van der Waals surface area contributed by atoms with Gasteiger partial charge in [-0.1, -0.05) is 12.1 Å². The van der Waals surface area contributed by atoms with Crippen molar-refractivity contribution in [2.75, 3.05) is 13.6 Å². The number of hydrazone groups is 1. The van der Waals surface area contributed by atoms with E-state index >= 15 is 0 Å². The van der Waals surface area contributed by atoms with E-state index < -0.39 is 0 Å². The summed E-state index contributed by atoms with van der Waals surface area (Å²) < 4.78 is 13.4. The molecule has 0 fully saturated rings. The second-order valence-electron chi connectivity index (χ2n) is 5.97. The second-order valence-corrected chi connectivity index (χ2v) is 5.97. The van der Waals surface area contributed by atoms with E-state index in [0.717, 1.165) is 34.6 Å². The maximum atomic E-state index is 13.4. The SMILES string of the molecule is CN1N=C(c2cccc(F)c2)CC1c1cc2c([nH]1)CCNC2=O. The fraction of sp³-hybridized carbons (Fsp3) is 0.294. The maximum Gasteiger partial charge on any atom is 0.253 e. The highest BCUT2D eigenvalue weighted by Crippen LogP contribution is 2.32. The van der Waals surface area contributed by atoms with Crippen molar-refractivity contribution in [3.05, 3.63) is 58.7 Å². The van der Waals surface area contributed by atoms with Gasteiger partial charge in [0.1, 0.15) is 5.82 Å². The van der Waals surface area contributed by atoms with Crippen molar-refractivity contribution in [2.24, 2.45) is 5.10 Å². The first-order chi connectivity index (χ1) is 11.1. The van der Waals surface area contributed by atoms with Crippen LogP contribution in [0, 0.1) is 5.82 Å². The molecule has 23 heavy (non-hydrogen) atoms. The van der Waals surface area contributed by atoms with Crippen molar-refractivity contribution >= 4 is 11.6 Å². The van der Waals surface area contributed by atoms with Crippen LogP contribution in [0.3, 0.4) is 0 Å². The minimum atomic E-state index is -0.261. The molecule has 5 nitrogen and oxygen atoms in total. The Morgan fingerprint density at radius 2 is 2.22 bits per heavy atom. The monoisotopic (exact) mass is 312 g/mol. The molecule has 4 rings (SSSR count). The van der Waals surface area contributed by atoms with E-state index in [0.29, 0.717) is 13.0 Å². The number of carbonyl (C=O) groups excluding carboxylic acids is 1. The van der Waals surface area contributed by atoms with Gasteiger partial charge in [-0.3, -0.25) is 9.80 Å². The Morgan fingerprint density at radius 1 is 1.35 bits per heavy atom. The summed E-state index contributed by atoms with van der Waals surface area (Å²) in [5.74, 6) is -0.288. The van der Waals surface area contributed by atoms with Gasteiger partial charge in [-0.2, -0.15) is 5.10 Å². The predicted molar refractivity (Wildman–Crippen MR) is 84.9 cm³/mol. The number of aromatic nitrogens is 1. The minimum Gasteiger partial charge on any atom is -0.360 e. The molecule has 0 bridgehead atoms. The van der Waals surface area contributed by atoms with Gasteiger partial charge in [0.15, 0.2) is 0 Å². The number of nitrogens with zero attached hydrogens (tertiary/aromatic N) is 2. The Balaban J connectivity index is 1.62. The molecule has 2 aromatic rings. The van der Waals surface area contributed by atoms with Crippen LogP contribution in [0.2, 0.25) is 0 Å². The van der Waals surface area contributed by atoms with E-state index in [1.165, 1.54) is 12.1 Å². The number of halogens is 1. The van der Waals surface area contributed by atoms with Crippen LogP contribution in [0.25, 0.3) is 0 Å². The first-order valence-electron chi connectivity index (χ1n) is 7.68. The van der Waals surface area contributed by atoms with Gasteiger partial charge in [0.25, 0.3) is 5.91 Å². The lowest BCUT2D eigenvalue weighted by Crippen LogP contribution is -2.31. The van der Waals surface area contributed by atoms with Crippen LogP contribution < -0.4 is 5.32 Å². The smallest absolute Gasteiger partial charge is 0.253 e. The third kappa shape index (κ3) is 2.40. The van der Waals surface area contributed by atoms with Gasteiger partial charge in [-0.15, -0.1) is 0 Å². The summed E-state index contributed by atoms with van der Waals surface area (Å²) in [5.41, 5.74) is 4.34. The number of hydrogen-bond acceptors (Lipinski definition) is 3. The summed E-state index contributed by atoms with van der Waals surface area (Å²) >= 11 is 0. The zero-order valence-electron chi connectivity index (χ0n) is 12.8. The number of amides is 1. The van der Waals surface area contributed by atoms with Crippen molar-refractivity contribution < 1.29 is 9.18 Å². The second kappa shape index (κ2) is 5.22. The van der Waals surface area contributed by atoms with Crippen LogP contribution in [0.5, 0.6) is 0 Å². The fourth-order valence-corrected chi connectivity index (χ4v) is 3.27. The first-order valence-corrected chi connectivity index (χ1v) is 7.68. The standard InChI is InChI=1S/C17H17FN4O/c1-22-16(9-14(21-22)10-3-2-4-11(18)7-10)15-8-12-13(20-15)5-6-19-17(12)23/h2-4,7-8,16,20H,5-6,9H2,1H3,(H,19,23). The van der Waals surface area contributed by atoms with Crippen LogP contribution in [0.15, 0.2) is 35.4 Å². The van der Waals surface area contributed by atoms with Crippen LogP contribution in [-0.4, -0.2) is 35.2 Å². The van der Waals surface area contributed by atoms with Crippen LogP contribution >= 0.6 is 0 Å². The molecule has 0 spiro atoms. The maximum absolute atomic E-state index is 13.4. The molecular weight excluding hydrogens is 295 g/mol. The van der Waals surface area contributed by atoms with Gasteiger partial charge >= 0.3 is 0 Å². The summed E-state index contributed by atoms with van der Waals surface area (Å²) in [6, 6.07) is 8.44. The topological polar surface area (TPSA) is 60.5 Å². The predicted octanol–water partition coefficient (Wildman–Crippen LogP) is 2.22. The third-order valence-electron chi connectivity index (χ3n) is 4.46. The van der Waals surface area contributed by atoms with Crippen LogP contribution in [0.1, 0.15) is 39.8 Å². The summed E-state index contributed by atoms with van der Waals surface area (Å²) in [5, 5.41) is 9.27. The molecule has 1 amide bonds. The lowest BCUT2D eigenvalue weighted by atomic mass is 10.0. The Hall–Kier alpha value is -2.63. The lowest BCUT2D eigenvalue weighted by Gasteiger charge is -2.17. The molecule has 1 atom stereocenters. The van der Waals surface area contributed by atoms with Gasteiger partial charge in [-0.25, -0.2) is 4.39 Å². The molecule has 2 N–H and O–H groups in total. The highest BCUT2D eigenvalue weighted by molar-refractivity contribution is 6.02. The number of rotatable bonds is 2. The number of benzene rings is 1. The average Bonchev–Trinajstić information content (AvgIpc) is 3.11. The molecular formula is C17H17FN4O. The van der Waals surface area contributed by atoms with Crippen LogP contribution in [-0.2, 0) is 6.42 Å². The minimum absolute atomic E-state index is 0.0272. The third-order valence-corrected chi connectivity index (χ3v) is 4.46. The molecule has 0 aliphatic carbocycles. The zero-order chi connectivity index (χ0) is 16.0. The quantitative estimate of drug-likeness (QED) is 0.893. The average molecular weight is 312 g/mol. The summed E-state index contributed by atoms with van der Waals surface area (Å²) in [4.78, 5) is 15.3. The Bertz CT molecular complexity index is 811. The Kier molecular flexibility index (Phi) is 3.18. The van der Waals surface area contributed by atoms with E-state index in [1.54, 1.807) is 6.07 Å². The summed E-state index contributed by atoms with van der Waals surface area (Å²) in [6.45, 7) is 0.664. The summed E-state index contributed by atoms with van der Waals surface area (Å²) in [6.07, 6.45) is 1.50. The van der Waals surface area contributed by atoms with Gasteiger partial charge in [0.05, 0.1) is 17.3 Å². The molecule has 1 aromatic heterocycles. The molecule has 0 saturated heterocycles. The molecule has 1 aromatic carbocycles. The van der Waals surface area contributed by atoms with Gasteiger partial charge in [0.2, 0.25) is 0 Å². The lowest BCUT2D eigenvalue weighted by molar-refractivity contribution is 0.0946. The Labute approximate surface area is 133 Å². The molecule has 0 saturated carbocycles. The first kappa shape index (κ1) is 14.0. The normalized spacial score (nSPS) is 20.3. The van der Waals surface area contributed by atoms with Gasteiger partial charge < -0.3 is 10.3 Å². The van der Waals surface area contributed by atoms with Crippen LogP contribution in [0.4, 0.5) is 4.39 Å². The number of aromatic amines is 1. The largest absolute Gasteiger partial charge is 0.360 e. The highest BCUT2D eigenvalue weighted by atomic mass is 19.1. The van der Waals surface area contributed by atoms with E-state index in [-0.39, 0.29) is 17.8 Å². The molecule has 118 valence electrons. The number of H-pyrrole nitrogens is 1. The molecule has 0 radical (unpaired) electrons. The number of hydrogen-bond donors (Lipinski definition) is 2. The van der Waals surface area contributed by atoms with E-state index in [9.17, 15) is 9.18 Å². The fourth-order valence-electron chi connectivity index (χ4n) is 3.27. The van der Waals surface area contributed by atoms with Crippen molar-refractivity contribution in [1.29, 1.82) is 0 Å². The molecule has 3 heterocycles. The van der Waals surface area contributed by atoms with E-state index in [4.69, 9.17) is 0 Å².